The molecule has 0 amide bonds. The molecule has 3 nitrogen and oxygen atoms in total. The van der Waals surface area contributed by atoms with Crippen molar-refractivity contribution in [1.82, 2.24) is 9.78 Å². The monoisotopic (exact) mass is 307 g/mol. The summed E-state index contributed by atoms with van der Waals surface area (Å²) in [7, 11) is 1.88. The molecule has 1 aromatic heterocycles. The summed E-state index contributed by atoms with van der Waals surface area (Å²) in [5.74, 6) is 1.09. The zero-order chi connectivity index (χ0) is 13.4. The second kappa shape index (κ2) is 4.76. The summed E-state index contributed by atoms with van der Waals surface area (Å²) >= 11 is 3.59. The predicted octanol–water partition coefficient (Wildman–Crippen LogP) is 3.86. The highest BCUT2D eigenvalue weighted by atomic mass is 79.9. The van der Waals surface area contributed by atoms with E-state index in [2.05, 4.69) is 60.0 Å². The third kappa shape index (κ3) is 2.17. The van der Waals surface area contributed by atoms with Crippen LogP contribution in [0, 0.1) is 6.92 Å². The number of aryl methyl sites for hydroxylation is 2. The Kier molecular flexibility index (Phi) is 3.48. The van der Waals surface area contributed by atoms with Crippen LogP contribution in [0.1, 0.15) is 30.9 Å². The van der Waals surface area contributed by atoms with Crippen molar-refractivity contribution in [3.63, 3.8) is 0 Å². The highest BCUT2D eigenvalue weighted by Gasteiger charge is 2.19. The van der Waals surface area contributed by atoms with Gasteiger partial charge in [0.2, 0.25) is 0 Å². The number of anilines is 1. The van der Waals surface area contributed by atoms with Crippen molar-refractivity contribution < 1.29 is 0 Å². The topological polar surface area (TPSA) is 43.8 Å². The quantitative estimate of drug-likeness (QED) is 0.915. The van der Waals surface area contributed by atoms with Crippen LogP contribution < -0.4 is 5.73 Å². The van der Waals surface area contributed by atoms with E-state index in [-0.39, 0.29) is 0 Å². The maximum Gasteiger partial charge on any atom is 0.125 e. The Balaban J connectivity index is 2.71. The minimum Gasteiger partial charge on any atom is -0.384 e. The van der Waals surface area contributed by atoms with Crippen LogP contribution in [0.4, 0.5) is 5.82 Å². The molecule has 0 aliphatic heterocycles. The van der Waals surface area contributed by atoms with Crippen LogP contribution in [-0.4, -0.2) is 9.78 Å². The number of hydrogen-bond donors (Lipinski definition) is 1. The first kappa shape index (κ1) is 13.1. The molecule has 96 valence electrons. The van der Waals surface area contributed by atoms with E-state index in [4.69, 9.17) is 5.73 Å². The maximum atomic E-state index is 6.11. The van der Waals surface area contributed by atoms with Crippen LogP contribution in [0.3, 0.4) is 0 Å². The third-order valence-electron chi connectivity index (χ3n) is 3.08. The summed E-state index contributed by atoms with van der Waals surface area (Å²) in [6.45, 7) is 6.36. The molecule has 0 saturated heterocycles. The Bertz CT molecular complexity index is 585. The van der Waals surface area contributed by atoms with Crippen LogP contribution in [-0.2, 0) is 7.05 Å². The number of benzene rings is 1. The molecule has 0 atom stereocenters. The van der Waals surface area contributed by atoms with Gasteiger partial charge in [0.1, 0.15) is 5.82 Å². The van der Waals surface area contributed by atoms with Gasteiger partial charge in [-0.1, -0.05) is 41.4 Å². The second-order valence-corrected chi connectivity index (χ2v) is 5.76. The highest BCUT2D eigenvalue weighted by Crippen LogP contribution is 2.36. The molecule has 1 aromatic carbocycles. The number of nitrogen functional groups attached to an aromatic ring is 1. The first-order valence-corrected chi connectivity index (χ1v) is 6.80. The summed E-state index contributed by atoms with van der Waals surface area (Å²) in [5.41, 5.74) is 10.5. The molecule has 0 unspecified atom stereocenters. The summed E-state index contributed by atoms with van der Waals surface area (Å²) < 4.78 is 2.80. The Morgan fingerprint density at radius 3 is 2.61 bits per heavy atom. The second-order valence-electron chi connectivity index (χ2n) is 4.91. The molecule has 2 rings (SSSR count). The molecule has 0 bridgehead atoms. The lowest BCUT2D eigenvalue weighted by atomic mass is 9.98. The number of halogens is 1. The van der Waals surface area contributed by atoms with E-state index < -0.39 is 0 Å². The third-order valence-corrected chi connectivity index (χ3v) is 3.78. The molecule has 0 spiro atoms. The highest BCUT2D eigenvalue weighted by molar-refractivity contribution is 9.10. The minimum atomic E-state index is 0.348. The lowest BCUT2D eigenvalue weighted by Gasteiger charge is -2.09. The first-order valence-electron chi connectivity index (χ1n) is 6.00. The van der Waals surface area contributed by atoms with Gasteiger partial charge < -0.3 is 5.73 Å². The predicted molar refractivity (Wildman–Crippen MR) is 79.6 cm³/mol. The number of nitrogens with two attached hydrogens (primary N) is 1. The fourth-order valence-electron chi connectivity index (χ4n) is 2.14. The fraction of sp³-hybridized carbons (Fsp3) is 0.357. The summed E-state index contributed by atoms with van der Waals surface area (Å²) in [5, 5.41) is 4.57. The van der Waals surface area contributed by atoms with Crippen LogP contribution in [0.2, 0.25) is 0 Å². The Morgan fingerprint density at radius 1 is 1.33 bits per heavy atom. The molecule has 0 radical (unpaired) electrons. The number of aromatic nitrogens is 2. The van der Waals surface area contributed by atoms with E-state index in [1.807, 2.05) is 7.05 Å². The van der Waals surface area contributed by atoms with Gasteiger partial charge in [-0.15, -0.1) is 0 Å². The molecule has 0 saturated carbocycles. The lowest BCUT2D eigenvalue weighted by Crippen LogP contribution is -2.00. The molecule has 0 fully saturated rings. The fourth-order valence-corrected chi connectivity index (χ4v) is 2.58. The van der Waals surface area contributed by atoms with Gasteiger partial charge in [0.05, 0.1) is 5.69 Å². The van der Waals surface area contributed by atoms with Gasteiger partial charge in [-0.05, 0) is 25.0 Å². The van der Waals surface area contributed by atoms with Gasteiger partial charge in [0.25, 0.3) is 0 Å². The number of rotatable bonds is 2. The average molecular weight is 308 g/mol. The van der Waals surface area contributed by atoms with Crippen molar-refractivity contribution in [3.8, 4) is 11.3 Å². The molecule has 1 heterocycles. The Morgan fingerprint density at radius 2 is 2.00 bits per heavy atom. The smallest absolute Gasteiger partial charge is 0.125 e. The molecule has 2 N–H and O–H groups in total. The van der Waals surface area contributed by atoms with E-state index in [0.717, 1.165) is 27.1 Å². The maximum absolute atomic E-state index is 6.11. The zero-order valence-electron chi connectivity index (χ0n) is 11.2. The van der Waals surface area contributed by atoms with Crippen molar-refractivity contribution in [2.75, 3.05) is 5.73 Å². The van der Waals surface area contributed by atoms with Gasteiger partial charge in [-0.3, -0.25) is 4.68 Å². The van der Waals surface area contributed by atoms with E-state index in [1.54, 1.807) is 4.68 Å². The molecular weight excluding hydrogens is 290 g/mol. The van der Waals surface area contributed by atoms with Crippen LogP contribution in [0.25, 0.3) is 11.3 Å². The first-order chi connectivity index (χ1) is 8.41. The van der Waals surface area contributed by atoms with Gasteiger partial charge in [-0.2, -0.15) is 5.10 Å². The van der Waals surface area contributed by atoms with Gasteiger partial charge in [0.15, 0.2) is 0 Å². The summed E-state index contributed by atoms with van der Waals surface area (Å²) in [6, 6.07) is 6.27. The molecule has 2 aromatic rings. The Hall–Kier alpha value is -1.29. The van der Waals surface area contributed by atoms with E-state index in [0.29, 0.717) is 5.92 Å². The van der Waals surface area contributed by atoms with Crippen molar-refractivity contribution in [3.05, 3.63) is 33.8 Å². The van der Waals surface area contributed by atoms with Gasteiger partial charge in [-0.25, -0.2) is 0 Å². The van der Waals surface area contributed by atoms with Gasteiger partial charge in [0, 0.05) is 22.6 Å². The minimum absolute atomic E-state index is 0.348. The summed E-state index contributed by atoms with van der Waals surface area (Å²) in [4.78, 5) is 0. The van der Waals surface area contributed by atoms with Crippen molar-refractivity contribution in [1.29, 1.82) is 0 Å². The normalized spacial score (nSPS) is 11.2. The van der Waals surface area contributed by atoms with Crippen molar-refractivity contribution in [2.45, 2.75) is 26.7 Å². The van der Waals surface area contributed by atoms with Crippen LogP contribution >= 0.6 is 15.9 Å². The van der Waals surface area contributed by atoms with Crippen molar-refractivity contribution in [2.24, 2.45) is 7.05 Å². The molecule has 4 heteroatoms. The standard InChI is InChI=1S/C14H18BrN3/c1-8(2)12-13(17-18(4)14(12)16)10-7-9(3)5-6-11(10)15/h5-8H,16H2,1-4H3. The zero-order valence-corrected chi connectivity index (χ0v) is 12.7. The molecule has 0 aliphatic rings. The van der Waals surface area contributed by atoms with E-state index in [9.17, 15) is 0 Å². The molecule has 0 aliphatic carbocycles. The average Bonchev–Trinajstić information content (AvgIpc) is 2.59. The largest absolute Gasteiger partial charge is 0.384 e. The summed E-state index contributed by atoms with van der Waals surface area (Å²) in [6.07, 6.45) is 0. The number of hydrogen-bond acceptors (Lipinski definition) is 2. The van der Waals surface area contributed by atoms with Crippen LogP contribution in [0.5, 0.6) is 0 Å². The Labute approximate surface area is 116 Å². The van der Waals surface area contributed by atoms with E-state index in [1.165, 1.54) is 5.56 Å². The van der Waals surface area contributed by atoms with Crippen LogP contribution in [0.15, 0.2) is 22.7 Å². The SMILES string of the molecule is Cc1ccc(Br)c(-c2nn(C)c(N)c2C(C)C)c1. The van der Waals surface area contributed by atoms with Gasteiger partial charge >= 0.3 is 0 Å². The number of nitrogens with zero attached hydrogens (tertiary/aromatic N) is 2. The molecular formula is C14H18BrN3. The molecule has 18 heavy (non-hydrogen) atoms. The van der Waals surface area contributed by atoms with E-state index >= 15 is 0 Å². The lowest BCUT2D eigenvalue weighted by molar-refractivity contribution is 0.779. The van der Waals surface area contributed by atoms with Crippen molar-refractivity contribution >= 4 is 21.7 Å².